The quantitative estimate of drug-likeness (QED) is 0.702. The minimum absolute atomic E-state index is 0.507. The lowest BCUT2D eigenvalue weighted by Gasteiger charge is -2.11. The van der Waals surface area contributed by atoms with E-state index in [1.54, 1.807) is 12.1 Å². The van der Waals surface area contributed by atoms with Gasteiger partial charge in [0.25, 0.3) is 0 Å². The van der Waals surface area contributed by atoms with E-state index in [0.29, 0.717) is 18.0 Å². The highest BCUT2D eigenvalue weighted by molar-refractivity contribution is 6.58. The van der Waals surface area contributed by atoms with Crippen LogP contribution in [0.15, 0.2) is 24.3 Å². The van der Waals surface area contributed by atoms with Gasteiger partial charge < -0.3 is 14.8 Å². The SMILES string of the molecule is CCCC(C)COCc1cccc(B(O)O)c1. The normalized spacial score (nSPS) is 12.5. The van der Waals surface area contributed by atoms with Gasteiger partial charge in [0.15, 0.2) is 0 Å². The summed E-state index contributed by atoms with van der Waals surface area (Å²) < 4.78 is 5.61. The first-order valence-electron chi connectivity index (χ1n) is 6.16. The van der Waals surface area contributed by atoms with E-state index in [9.17, 15) is 0 Å². The number of ether oxygens (including phenoxy) is 1. The maximum atomic E-state index is 9.05. The van der Waals surface area contributed by atoms with Crippen LogP contribution in [-0.4, -0.2) is 23.8 Å². The van der Waals surface area contributed by atoms with Crippen molar-refractivity contribution in [3.8, 4) is 0 Å². The second-order valence-corrected chi connectivity index (χ2v) is 4.53. The predicted octanol–water partition coefficient (Wildman–Crippen LogP) is 1.32. The Kier molecular flexibility index (Phi) is 6.26. The van der Waals surface area contributed by atoms with Crippen LogP contribution in [-0.2, 0) is 11.3 Å². The van der Waals surface area contributed by atoms with Crippen molar-refractivity contribution >= 4 is 12.6 Å². The third kappa shape index (κ3) is 5.35. The minimum Gasteiger partial charge on any atom is -0.423 e. The highest BCUT2D eigenvalue weighted by Gasteiger charge is 2.10. The van der Waals surface area contributed by atoms with Crippen LogP contribution >= 0.6 is 0 Å². The fourth-order valence-corrected chi connectivity index (χ4v) is 1.80. The number of hydrogen-bond donors (Lipinski definition) is 2. The van der Waals surface area contributed by atoms with Gasteiger partial charge in [-0.3, -0.25) is 0 Å². The summed E-state index contributed by atoms with van der Waals surface area (Å²) in [7, 11) is -1.41. The molecule has 0 spiro atoms. The molecule has 17 heavy (non-hydrogen) atoms. The first kappa shape index (κ1) is 14.2. The molecule has 0 radical (unpaired) electrons. The first-order valence-corrected chi connectivity index (χ1v) is 6.16. The smallest absolute Gasteiger partial charge is 0.423 e. The summed E-state index contributed by atoms with van der Waals surface area (Å²) in [5, 5.41) is 18.1. The molecule has 0 fully saturated rings. The van der Waals surface area contributed by atoms with Gasteiger partial charge in [0.05, 0.1) is 6.61 Å². The Morgan fingerprint density at radius 2 is 2.12 bits per heavy atom. The lowest BCUT2D eigenvalue weighted by Crippen LogP contribution is -2.29. The highest BCUT2D eigenvalue weighted by Crippen LogP contribution is 2.07. The fraction of sp³-hybridized carbons (Fsp3) is 0.538. The second kappa shape index (κ2) is 7.48. The first-order chi connectivity index (χ1) is 8.13. The van der Waals surface area contributed by atoms with Gasteiger partial charge in [-0.15, -0.1) is 0 Å². The Bertz CT molecular complexity index is 328. The van der Waals surface area contributed by atoms with E-state index in [2.05, 4.69) is 13.8 Å². The molecule has 2 N–H and O–H groups in total. The van der Waals surface area contributed by atoms with Crippen LogP contribution in [0, 0.1) is 5.92 Å². The van der Waals surface area contributed by atoms with Gasteiger partial charge in [-0.1, -0.05) is 44.5 Å². The van der Waals surface area contributed by atoms with Crippen molar-refractivity contribution < 1.29 is 14.8 Å². The molecular formula is C13H21BO3. The number of hydrogen-bond acceptors (Lipinski definition) is 3. The molecule has 0 amide bonds. The summed E-state index contributed by atoms with van der Waals surface area (Å²) in [6.45, 7) is 5.62. The zero-order valence-corrected chi connectivity index (χ0v) is 10.6. The van der Waals surface area contributed by atoms with Crippen molar-refractivity contribution in [1.29, 1.82) is 0 Å². The van der Waals surface area contributed by atoms with Crippen molar-refractivity contribution in [2.45, 2.75) is 33.3 Å². The molecule has 0 saturated heterocycles. The van der Waals surface area contributed by atoms with Crippen LogP contribution < -0.4 is 5.46 Å². The molecule has 0 heterocycles. The minimum atomic E-state index is -1.41. The monoisotopic (exact) mass is 236 g/mol. The number of rotatable bonds is 7. The molecule has 94 valence electrons. The lowest BCUT2D eigenvalue weighted by molar-refractivity contribution is 0.0894. The Morgan fingerprint density at radius 3 is 2.76 bits per heavy atom. The van der Waals surface area contributed by atoms with Crippen LogP contribution in [0.2, 0.25) is 0 Å². The van der Waals surface area contributed by atoms with E-state index in [1.807, 2.05) is 12.1 Å². The van der Waals surface area contributed by atoms with E-state index in [4.69, 9.17) is 14.8 Å². The summed E-state index contributed by atoms with van der Waals surface area (Å²) >= 11 is 0. The van der Waals surface area contributed by atoms with E-state index >= 15 is 0 Å². The van der Waals surface area contributed by atoms with Crippen LogP contribution in [0.25, 0.3) is 0 Å². The molecule has 1 aromatic rings. The molecule has 0 aliphatic carbocycles. The zero-order valence-electron chi connectivity index (χ0n) is 10.6. The van der Waals surface area contributed by atoms with Gasteiger partial charge in [-0.05, 0) is 23.4 Å². The molecule has 1 unspecified atom stereocenters. The molecule has 1 atom stereocenters. The molecule has 0 bridgehead atoms. The van der Waals surface area contributed by atoms with Crippen molar-refractivity contribution in [3.05, 3.63) is 29.8 Å². The molecule has 1 aromatic carbocycles. The Labute approximate surface area is 104 Å². The molecule has 0 aliphatic rings. The summed E-state index contributed by atoms with van der Waals surface area (Å²) in [6, 6.07) is 7.18. The van der Waals surface area contributed by atoms with E-state index in [1.165, 1.54) is 12.8 Å². The zero-order chi connectivity index (χ0) is 12.7. The van der Waals surface area contributed by atoms with Crippen molar-refractivity contribution in [2.24, 2.45) is 5.92 Å². The Morgan fingerprint density at radius 1 is 1.35 bits per heavy atom. The Balaban J connectivity index is 2.38. The average molecular weight is 236 g/mol. The third-order valence-electron chi connectivity index (χ3n) is 2.70. The van der Waals surface area contributed by atoms with Crippen LogP contribution in [0.4, 0.5) is 0 Å². The van der Waals surface area contributed by atoms with Gasteiger partial charge in [0, 0.05) is 6.61 Å². The summed E-state index contributed by atoms with van der Waals surface area (Å²) in [5.41, 5.74) is 1.48. The molecule has 3 nitrogen and oxygen atoms in total. The second-order valence-electron chi connectivity index (χ2n) is 4.53. The third-order valence-corrected chi connectivity index (χ3v) is 2.70. The fourth-order valence-electron chi connectivity index (χ4n) is 1.80. The number of benzene rings is 1. The van der Waals surface area contributed by atoms with Gasteiger partial charge in [-0.25, -0.2) is 0 Å². The lowest BCUT2D eigenvalue weighted by atomic mass is 9.80. The van der Waals surface area contributed by atoms with Crippen molar-refractivity contribution in [3.63, 3.8) is 0 Å². The van der Waals surface area contributed by atoms with Crippen molar-refractivity contribution in [2.75, 3.05) is 6.61 Å². The van der Waals surface area contributed by atoms with Gasteiger partial charge >= 0.3 is 7.12 Å². The van der Waals surface area contributed by atoms with Crippen LogP contribution in [0.1, 0.15) is 32.3 Å². The molecule has 4 heteroatoms. The Hall–Kier alpha value is -0.835. The molecular weight excluding hydrogens is 215 g/mol. The maximum Gasteiger partial charge on any atom is 0.488 e. The van der Waals surface area contributed by atoms with E-state index in [-0.39, 0.29) is 0 Å². The standard InChI is InChI=1S/C13H21BO3/c1-3-5-11(2)9-17-10-12-6-4-7-13(8-12)14(15)16/h4,6-8,11,15-16H,3,5,9-10H2,1-2H3. The van der Waals surface area contributed by atoms with Crippen molar-refractivity contribution in [1.82, 2.24) is 0 Å². The summed E-state index contributed by atoms with van der Waals surface area (Å²) in [6.07, 6.45) is 2.35. The summed E-state index contributed by atoms with van der Waals surface area (Å²) in [5.74, 6) is 0.576. The topological polar surface area (TPSA) is 49.7 Å². The highest BCUT2D eigenvalue weighted by atomic mass is 16.5. The average Bonchev–Trinajstić information content (AvgIpc) is 2.30. The van der Waals surface area contributed by atoms with Gasteiger partial charge in [0.1, 0.15) is 0 Å². The van der Waals surface area contributed by atoms with Gasteiger partial charge in [0.2, 0.25) is 0 Å². The van der Waals surface area contributed by atoms with Gasteiger partial charge in [-0.2, -0.15) is 0 Å². The molecule has 0 saturated carbocycles. The van der Waals surface area contributed by atoms with Crippen LogP contribution in [0.5, 0.6) is 0 Å². The molecule has 1 rings (SSSR count). The molecule has 0 aromatic heterocycles. The predicted molar refractivity (Wildman–Crippen MR) is 70.0 cm³/mol. The van der Waals surface area contributed by atoms with E-state index in [0.717, 1.165) is 12.2 Å². The summed E-state index contributed by atoms with van der Waals surface area (Å²) in [4.78, 5) is 0. The van der Waals surface area contributed by atoms with Crippen LogP contribution in [0.3, 0.4) is 0 Å². The largest absolute Gasteiger partial charge is 0.488 e. The van der Waals surface area contributed by atoms with E-state index < -0.39 is 7.12 Å². The maximum absolute atomic E-state index is 9.05. The molecule has 0 aliphatic heterocycles.